The van der Waals surface area contributed by atoms with Gasteiger partial charge in [0.05, 0.1) is 5.69 Å². The van der Waals surface area contributed by atoms with Crippen molar-refractivity contribution in [2.75, 3.05) is 5.32 Å². The van der Waals surface area contributed by atoms with Gasteiger partial charge < -0.3 is 5.11 Å². The smallest absolute Gasteiger partial charge is 0.275 e. The number of phenols is 1. The molecule has 2 heterocycles. The Labute approximate surface area is 185 Å². The zero-order chi connectivity index (χ0) is 21.1. The molecular weight excluding hydrogens is 442 g/mol. The van der Waals surface area contributed by atoms with E-state index < -0.39 is 0 Å². The van der Waals surface area contributed by atoms with Gasteiger partial charge in [0.15, 0.2) is 4.34 Å². The molecule has 7 nitrogen and oxygen atoms in total. The summed E-state index contributed by atoms with van der Waals surface area (Å²) in [6, 6.07) is 14.6. The molecule has 30 heavy (non-hydrogen) atoms. The first kappa shape index (κ1) is 20.4. The van der Waals surface area contributed by atoms with Crippen molar-refractivity contribution in [2.45, 2.75) is 17.0 Å². The van der Waals surface area contributed by atoms with Crippen molar-refractivity contribution in [3.63, 3.8) is 0 Å². The molecular formula is C20H16ClN5O2S2. The summed E-state index contributed by atoms with van der Waals surface area (Å²) in [5, 5.41) is 28.9. The molecule has 4 rings (SSSR count). The Morgan fingerprint density at radius 2 is 2.07 bits per heavy atom. The number of phenolic OH excluding ortho intramolecular Hbond substituents is 1. The van der Waals surface area contributed by atoms with Crippen molar-refractivity contribution in [2.24, 2.45) is 0 Å². The van der Waals surface area contributed by atoms with Gasteiger partial charge >= 0.3 is 0 Å². The maximum absolute atomic E-state index is 12.5. The second-order valence-electron chi connectivity index (χ2n) is 6.35. The van der Waals surface area contributed by atoms with Gasteiger partial charge in [-0.15, -0.1) is 10.2 Å². The van der Waals surface area contributed by atoms with Crippen LogP contribution >= 0.6 is 34.7 Å². The van der Waals surface area contributed by atoms with Crippen molar-refractivity contribution < 1.29 is 9.90 Å². The van der Waals surface area contributed by atoms with Gasteiger partial charge in [0.1, 0.15) is 11.4 Å². The summed E-state index contributed by atoms with van der Waals surface area (Å²) in [5.74, 6) is 0.409. The lowest BCUT2D eigenvalue weighted by atomic mass is 10.1. The number of aryl methyl sites for hydroxylation is 1. The summed E-state index contributed by atoms with van der Waals surface area (Å²) in [7, 11) is 0. The van der Waals surface area contributed by atoms with Crippen LogP contribution in [0.1, 0.15) is 21.6 Å². The van der Waals surface area contributed by atoms with E-state index in [0.717, 1.165) is 15.5 Å². The lowest BCUT2D eigenvalue weighted by Gasteiger charge is -2.03. The van der Waals surface area contributed by atoms with Gasteiger partial charge in [-0.3, -0.25) is 15.2 Å². The average molecular weight is 458 g/mol. The van der Waals surface area contributed by atoms with E-state index in [4.69, 9.17) is 11.6 Å². The van der Waals surface area contributed by atoms with E-state index in [-0.39, 0.29) is 17.4 Å². The maximum atomic E-state index is 12.5. The molecule has 0 bridgehead atoms. The number of carbonyl (C=O) groups excluding carboxylic acids is 1. The number of anilines is 1. The van der Waals surface area contributed by atoms with Crippen molar-refractivity contribution in [1.29, 1.82) is 0 Å². The van der Waals surface area contributed by atoms with Gasteiger partial charge in [0.2, 0.25) is 5.13 Å². The second-order valence-corrected chi connectivity index (χ2v) is 8.95. The molecule has 0 unspecified atom stereocenters. The van der Waals surface area contributed by atoms with Gasteiger partial charge in [-0.1, -0.05) is 65.0 Å². The predicted molar refractivity (Wildman–Crippen MR) is 119 cm³/mol. The molecule has 0 saturated carbocycles. The van der Waals surface area contributed by atoms with Crippen LogP contribution in [0.25, 0.3) is 11.3 Å². The first-order valence-electron chi connectivity index (χ1n) is 8.86. The number of nitrogens with one attached hydrogen (secondary N) is 2. The van der Waals surface area contributed by atoms with E-state index in [1.165, 1.54) is 23.1 Å². The Morgan fingerprint density at radius 1 is 1.23 bits per heavy atom. The largest absolute Gasteiger partial charge is 0.507 e. The highest BCUT2D eigenvalue weighted by Gasteiger charge is 2.16. The number of rotatable bonds is 6. The number of hydrogen-bond donors (Lipinski definition) is 3. The van der Waals surface area contributed by atoms with Crippen LogP contribution < -0.4 is 5.32 Å². The monoisotopic (exact) mass is 457 g/mol. The molecule has 0 aliphatic carbocycles. The first-order chi connectivity index (χ1) is 14.5. The number of hydrogen-bond acceptors (Lipinski definition) is 7. The molecule has 1 amide bonds. The molecule has 3 N–H and O–H groups in total. The van der Waals surface area contributed by atoms with Crippen LogP contribution in [0, 0.1) is 6.92 Å². The van der Waals surface area contributed by atoms with E-state index in [0.29, 0.717) is 27.2 Å². The summed E-state index contributed by atoms with van der Waals surface area (Å²) in [6.07, 6.45) is 0. The molecule has 0 aliphatic rings. The highest BCUT2D eigenvalue weighted by atomic mass is 35.5. The number of aromatic amines is 1. The van der Waals surface area contributed by atoms with Crippen LogP contribution in [0.4, 0.5) is 5.13 Å². The molecule has 10 heteroatoms. The SMILES string of the molecule is Cc1cccc(-c2cc(C(=O)Nc3nnc(SCc4ccccc4Cl)s3)[nH]n2)c1O. The number of thioether (sulfide) groups is 1. The molecule has 4 aromatic rings. The number of amides is 1. The average Bonchev–Trinajstić information content (AvgIpc) is 3.39. The number of halogens is 1. The minimum Gasteiger partial charge on any atom is -0.507 e. The fourth-order valence-corrected chi connectivity index (χ4v) is 4.71. The quantitative estimate of drug-likeness (QED) is 0.273. The summed E-state index contributed by atoms with van der Waals surface area (Å²) >= 11 is 8.95. The lowest BCUT2D eigenvalue weighted by molar-refractivity contribution is 0.102. The second kappa shape index (κ2) is 8.86. The van der Waals surface area contributed by atoms with Crippen LogP contribution in [0.5, 0.6) is 5.75 Å². The van der Waals surface area contributed by atoms with Gasteiger partial charge in [-0.2, -0.15) is 5.10 Å². The van der Waals surface area contributed by atoms with Crippen LogP contribution in [0.15, 0.2) is 52.9 Å². The van der Waals surface area contributed by atoms with Gasteiger partial charge in [0.25, 0.3) is 5.91 Å². The summed E-state index contributed by atoms with van der Waals surface area (Å²) in [4.78, 5) is 12.5. The molecule has 0 aliphatic heterocycles. The number of benzene rings is 2. The van der Waals surface area contributed by atoms with Gasteiger partial charge in [-0.25, -0.2) is 0 Å². The molecule has 0 atom stereocenters. The van der Waals surface area contributed by atoms with Gasteiger partial charge in [-0.05, 0) is 36.2 Å². The van der Waals surface area contributed by atoms with E-state index in [2.05, 4.69) is 25.7 Å². The zero-order valence-electron chi connectivity index (χ0n) is 15.7. The Balaban J connectivity index is 1.41. The summed E-state index contributed by atoms with van der Waals surface area (Å²) < 4.78 is 0.722. The molecule has 2 aromatic heterocycles. The van der Waals surface area contributed by atoms with Crippen LogP contribution in [0.2, 0.25) is 5.02 Å². The minimum absolute atomic E-state index is 0.139. The lowest BCUT2D eigenvalue weighted by Crippen LogP contribution is -2.12. The Kier molecular flexibility index (Phi) is 6.03. The molecule has 2 aromatic carbocycles. The van der Waals surface area contributed by atoms with E-state index in [1.54, 1.807) is 25.1 Å². The van der Waals surface area contributed by atoms with Crippen LogP contribution in [-0.2, 0) is 5.75 Å². The van der Waals surface area contributed by atoms with Crippen LogP contribution in [-0.4, -0.2) is 31.4 Å². The first-order valence-corrected chi connectivity index (χ1v) is 11.0. The Bertz CT molecular complexity index is 1210. The molecule has 0 radical (unpaired) electrons. The number of aromatic hydroxyl groups is 1. The number of H-pyrrole nitrogens is 1. The Hall–Kier alpha value is -2.88. The zero-order valence-corrected chi connectivity index (χ0v) is 18.1. The van der Waals surface area contributed by atoms with Crippen molar-refractivity contribution in [1.82, 2.24) is 20.4 Å². The van der Waals surface area contributed by atoms with Crippen molar-refractivity contribution in [3.8, 4) is 17.0 Å². The highest BCUT2D eigenvalue weighted by Crippen LogP contribution is 2.32. The van der Waals surface area contributed by atoms with Crippen molar-refractivity contribution >= 4 is 45.7 Å². The van der Waals surface area contributed by atoms with E-state index >= 15 is 0 Å². The van der Waals surface area contributed by atoms with E-state index in [1.807, 2.05) is 30.3 Å². The third-order valence-electron chi connectivity index (χ3n) is 4.27. The third kappa shape index (κ3) is 4.48. The topological polar surface area (TPSA) is 104 Å². The minimum atomic E-state index is -0.389. The number of carbonyl (C=O) groups is 1. The summed E-state index contributed by atoms with van der Waals surface area (Å²) in [5.41, 5.74) is 3.03. The van der Waals surface area contributed by atoms with Crippen LogP contribution in [0.3, 0.4) is 0 Å². The fraction of sp³-hybridized carbons (Fsp3) is 0.100. The predicted octanol–water partition coefficient (Wildman–Crippen LogP) is 5.14. The number of para-hydroxylation sites is 1. The highest BCUT2D eigenvalue weighted by molar-refractivity contribution is 8.00. The molecule has 152 valence electrons. The Morgan fingerprint density at radius 3 is 2.90 bits per heavy atom. The number of aromatic nitrogens is 4. The number of nitrogens with zero attached hydrogens (tertiary/aromatic N) is 3. The maximum Gasteiger partial charge on any atom is 0.275 e. The van der Waals surface area contributed by atoms with Gasteiger partial charge in [0, 0.05) is 16.3 Å². The fourth-order valence-electron chi connectivity index (χ4n) is 2.68. The molecule has 0 saturated heterocycles. The molecule has 0 spiro atoms. The molecule has 0 fully saturated rings. The van der Waals surface area contributed by atoms with E-state index in [9.17, 15) is 9.90 Å². The normalized spacial score (nSPS) is 10.9. The summed E-state index contributed by atoms with van der Waals surface area (Å²) in [6.45, 7) is 1.80. The van der Waals surface area contributed by atoms with Crippen molar-refractivity contribution in [3.05, 3.63) is 70.4 Å². The standard InChI is InChI=1S/C20H16ClN5O2S2/c1-11-5-4-7-13(17(11)27)15-9-16(24-23-15)18(28)22-19-25-26-20(30-19)29-10-12-6-2-3-8-14(12)21/h2-9,27H,10H2,1H3,(H,23,24)(H,22,25,28). The third-order valence-corrected chi connectivity index (χ3v) is 6.66.